The van der Waals surface area contributed by atoms with Crippen molar-refractivity contribution in [1.29, 1.82) is 0 Å². The van der Waals surface area contributed by atoms with Crippen molar-refractivity contribution in [2.75, 3.05) is 13.2 Å². The molecule has 6 nitrogen and oxygen atoms in total. The number of ether oxygens (including phenoxy) is 1. The van der Waals surface area contributed by atoms with Crippen LogP contribution in [0.4, 0.5) is 0 Å². The summed E-state index contributed by atoms with van der Waals surface area (Å²) in [6, 6.07) is 4.17. The van der Waals surface area contributed by atoms with Crippen molar-refractivity contribution in [2.45, 2.75) is 38.3 Å². The number of benzene rings is 1. The average Bonchev–Trinajstić information content (AvgIpc) is 3.35. The number of hydrogen-bond donors (Lipinski definition) is 1. The summed E-state index contributed by atoms with van der Waals surface area (Å²) in [7, 11) is 0. The number of thiazole rings is 1. The molecule has 2 heterocycles. The molecule has 0 radical (unpaired) electrons. The van der Waals surface area contributed by atoms with Crippen LogP contribution >= 0.6 is 34.5 Å². The van der Waals surface area contributed by atoms with Crippen LogP contribution in [0.1, 0.15) is 42.6 Å². The van der Waals surface area contributed by atoms with Crippen LogP contribution in [0.3, 0.4) is 0 Å². The van der Waals surface area contributed by atoms with E-state index in [2.05, 4.69) is 10.3 Å². The first kappa shape index (κ1) is 21.0. The van der Waals surface area contributed by atoms with Crippen LogP contribution in [0.5, 0.6) is 0 Å². The third kappa shape index (κ3) is 5.03. The van der Waals surface area contributed by atoms with E-state index in [4.69, 9.17) is 27.9 Å². The van der Waals surface area contributed by atoms with Crippen LogP contribution in [-0.4, -0.2) is 35.6 Å². The minimum absolute atomic E-state index is 0.0781. The number of aromatic nitrogens is 1. The number of nitrogens with zero attached hydrogens (tertiary/aromatic N) is 2. The number of rotatable bonds is 6. The maximum Gasteiger partial charge on any atom is 0.279 e. The Hall–Kier alpha value is -1.67. The Morgan fingerprint density at radius 1 is 1.39 bits per heavy atom. The van der Waals surface area contributed by atoms with Gasteiger partial charge in [-0.1, -0.05) is 30.1 Å². The van der Waals surface area contributed by atoms with E-state index in [1.54, 1.807) is 28.3 Å². The predicted molar refractivity (Wildman–Crippen MR) is 110 cm³/mol. The average molecular weight is 442 g/mol. The van der Waals surface area contributed by atoms with Crippen LogP contribution in [0.25, 0.3) is 0 Å². The van der Waals surface area contributed by atoms with Gasteiger partial charge >= 0.3 is 0 Å². The van der Waals surface area contributed by atoms with Gasteiger partial charge in [-0.3, -0.25) is 9.59 Å². The minimum Gasteiger partial charge on any atom is -0.376 e. The summed E-state index contributed by atoms with van der Waals surface area (Å²) in [5.41, 5.74) is 0.338. The first-order chi connectivity index (χ1) is 13.5. The number of carbonyl (C=O) groups excluding carboxylic acids is 2. The molecule has 2 aromatic rings. The third-order valence-electron chi connectivity index (χ3n) is 4.53. The van der Waals surface area contributed by atoms with Crippen molar-refractivity contribution in [3.63, 3.8) is 0 Å². The lowest BCUT2D eigenvalue weighted by Gasteiger charge is -2.18. The minimum atomic E-state index is -0.451. The molecule has 1 saturated heterocycles. The number of halogens is 2. The molecule has 3 rings (SSSR count). The van der Waals surface area contributed by atoms with E-state index >= 15 is 0 Å². The van der Waals surface area contributed by atoms with Crippen molar-refractivity contribution in [2.24, 2.45) is 4.99 Å². The summed E-state index contributed by atoms with van der Waals surface area (Å²) in [5.74, 6) is -0.552. The van der Waals surface area contributed by atoms with Gasteiger partial charge in [0, 0.05) is 30.3 Å². The third-order valence-corrected chi connectivity index (χ3v) is 6.04. The highest BCUT2D eigenvalue weighted by Crippen LogP contribution is 2.23. The molecule has 1 aromatic carbocycles. The Bertz CT molecular complexity index is 919. The second kappa shape index (κ2) is 9.69. The van der Waals surface area contributed by atoms with Crippen LogP contribution in [0, 0.1) is 0 Å². The molecule has 0 bridgehead atoms. The molecular formula is C19H21Cl2N3O3S. The van der Waals surface area contributed by atoms with Gasteiger partial charge in [0.15, 0.2) is 4.80 Å². The molecule has 1 aliphatic heterocycles. The highest BCUT2D eigenvalue weighted by atomic mass is 35.5. The summed E-state index contributed by atoms with van der Waals surface area (Å²) in [6.45, 7) is 3.16. The topological polar surface area (TPSA) is 72.7 Å². The van der Waals surface area contributed by atoms with Gasteiger partial charge in [0.05, 0.1) is 16.1 Å². The molecule has 150 valence electrons. The van der Waals surface area contributed by atoms with Gasteiger partial charge in [-0.05, 0) is 37.5 Å². The number of amides is 2. The van der Waals surface area contributed by atoms with Gasteiger partial charge in [-0.25, -0.2) is 0 Å². The van der Waals surface area contributed by atoms with Crippen LogP contribution < -0.4 is 10.1 Å². The summed E-state index contributed by atoms with van der Waals surface area (Å²) in [5, 5.41) is 5.42. The van der Waals surface area contributed by atoms with Crippen LogP contribution in [0.2, 0.25) is 10.0 Å². The van der Waals surface area contributed by atoms with Crippen molar-refractivity contribution >= 4 is 46.4 Å². The number of hydrogen-bond acceptors (Lipinski definition) is 4. The lowest BCUT2D eigenvalue weighted by Crippen LogP contribution is -2.39. The summed E-state index contributed by atoms with van der Waals surface area (Å²) >= 11 is 13.2. The highest BCUT2D eigenvalue weighted by molar-refractivity contribution is 7.07. The van der Waals surface area contributed by atoms with E-state index in [9.17, 15) is 9.59 Å². The zero-order valence-corrected chi connectivity index (χ0v) is 17.7. The van der Waals surface area contributed by atoms with Gasteiger partial charge in [0.1, 0.15) is 6.04 Å². The van der Waals surface area contributed by atoms with Gasteiger partial charge in [-0.2, -0.15) is 4.99 Å². The van der Waals surface area contributed by atoms with Crippen molar-refractivity contribution < 1.29 is 14.3 Å². The van der Waals surface area contributed by atoms with Gasteiger partial charge in [0.25, 0.3) is 5.91 Å². The second-order valence-corrected chi connectivity index (χ2v) is 8.13. The van der Waals surface area contributed by atoms with E-state index in [0.29, 0.717) is 33.4 Å². The number of carbonyl (C=O) groups is 2. The molecule has 0 unspecified atom stereocenters. The predicted octanol–water partition coefficient (Wildman–Crippen LogP) is 3.84. The first-order valence-electron chi connectivity index (χ1n) is 9.08. The van der Waals surface area contributed by atoms with Gasteiger partial charge in [-0.15, -0.1) is 11.3 Å². The smallest absolute Gasteiger partial charge is 0.279 e. The normalized spacial score (nSPS) is 18.2. The Labute approximate surface area is 177 Å². The molecule has 2 atom stereocenters. The van der Waals surface area contributed by atoms with Crippen molar-refractivity contribution in [1.82, 2.24) is 9.88 Å². The van der Waals surface area contributed by atoms with E-state index < -0.39 is 11.9 Å². The molecule has 0 aliphatic carbocycles. The molecule has 1 N–H and O–H groups in total. The SMILES string of the molecule is CC[C@@H](C(=O)NC[C@H]1CCCO1)n1ccsc1=NC(=O)c1ccc(Cl)c(Cl)c1. The zero-order chi connectivity index (χ0) is 20.1. The lowest BCUT2D eigenvalue weighted by atomic mass is 10.2. The summed E-state index contributed by atoms with van der Waals surface area (Å²) in [6.07, 6.45) is 4.40. The Morgan fingerprint density at radius 3 is 2.89 bits per heavy atom. The van der Waals surface area contributed by atoms with E-state index in [-0.39, 0.29) is 12.0 Å². The molecule has 2 amide bonds. The van der Waals surface area contributed by atoms with E-state index in [1.165, 1.54) is 17.4 Å². The lowest BCUT2D eigenvalue weighted by molar-refractivity contribution is -0.125. The molecular weight excluding hydrogens is 421 g/mol. The van der Waals surface area contributed by atoms with Gasteiger partial charge in [0.2, 0.25) is 5.91 Å². The number of nitrogens with one attached hydrogen (secondary N) is 1. The van der Waals surface area contributed by atoms with Crippen LogP contribution in [0.15, 0.2) is 34.8 Å². The fourth-order valence-electron chi connectivity index (χ4n) is 3.03. The standard InChI is InChI=1S/C19H21Cl2N3O3S/c1-2-16(18(26)22-11-13-4-3-8-27-13)24-7-9-28-19(24)23-17(25)12-5-6-14(20)15(21)10-12/h5-7,9-10,13,16H,2-4,8,11H2,1H3,(H,22,26)/t13-,16+/m1/s1. The molecule has 28 heavy (non-hydrogen) atoms. The summed E-state index contributed by atoms with van der Waals surface area (Å²) < 4.78 is 7.28. The maximum absolute atomic E-state index is 12.7. The fourth-order valence-corrected chi connectivity index (χ4v) is 4.09. The Kier molecular flexibility index (Phi) is 7.29. The maximum atomic E-state index is 12.7. The molecule has 1 fully saturated rings. The van der Waals surface area contributed by atoms with E-state index in [1.807, 2.05) is 6.92 Å². The Balaban J connectivity index is 1.77. The van der Waals surface area contributed by atoms with Crippen molar-refractivity contribution in [3.8, 4) is 0 Å². The molecule has 1 aliphatic rings. The second-order valence-electron chi connectivity index (χ2n) is 6.44. The Morgan fingerprint density at radius 2 is 2.21 bits per heavy atom. The first-order valence-corrected chi connectivity index (χ1v) is 10.7. The molecule has 0 saturated carbocycles. The largest absolute Gasteiger partial charge is 0.376 e. The monoisotopic (exact) mass is 441 g/mol. The van der Waals surface area contributed by atoms with Gasteiger partial charge < -0.3 is 14.6 Å². The highest BCUT2D eigenvalue weighted by Gasteiger charge is 2.22. The van der Waals surface area contributed by atoms with E-state index in [0.717, 1.165) is 19.4 Å². The quantitative estimate of drug-likeness (QED) is 0.739. The molecule has 9 heteroatoms. The van der Waals surface area contributed by atoms with Crippen molar-refractivity contribution in [3.05, 3.63) is 50.2 Å². The summed E-state index contributed by atoms with van der Waals surface area (Å²) in [4.78, 5) is 29.8. The molecule has 1 aromatic heterocycles. The zero-order valence-electron chi connectivity index (χ0n) is 15.4. The fraction of sp³-hybridized carbons (Fsp3) is 0.421. The van der Waals surface area contributed by atoms with Crippen LogP contribution in [-0.2, 0) is 9.53 Å². The molecule has 0 spiro atoms.